The third-order valence-corrected chi connectivity index (χ3v) is 4.73. The molecule has 0 fully saturated rings. The van der Waals surface area contributed by atoms with Gasteiger partial charge < -0.3 is 4.74 Å². The smallest absolute Gasteiger partial charge is 0.240 e. The van der Waals surface area contributed by atoms with Crippen LogP contribution in [-0.4, -0.2) is 20.5 Å². The van der Waals surface area contributed by atoms with E-state index in [1.165, 1.54) is 19.2 Å². The van der Waals surface area contributed by atoms with Gasteiger partial charge >= 0.3 is 0 Å². The predicted octanol–water partition coefficient (Wildman–Crippen LogP) is 2.53. The summed E-state index contributed by atoms with van der Waals surface area (Å²) >= 11 is 5.95. The molecule has 7 heteroatoms. The second kappa shape index (κ2) is 6.43. The monoisotopic (exact) mass is 326 g/mol. The summed E-state index contributed by atoms with van der Waals surface area (Å²) in [5.41, 5.74) is 1.56. The summed E-state index contributed by atoms with van der Waals surface area (Å²) in [6, 6.07) is 8.05. The molecule has 0 bridgehead atoms. The maximum Gasteiger partial charge on any atom is 0.240 e. The largest absolute Gasteiger partial charge is 0.481 e. The summed E-state index contributed by atoms with van der Waals surface area (Å²) in [6.07, 6.45) is 1.56. The molecule has 0 amide bonds. The van der Waals surface area contributed by atoms with Crippen LogP contribution in [0.3, 0.4) is 0 Å². The Morgan fingerprint density at radius 3 is 2.62 bits per heavy atom. The minimum absolute atomic E-state index is 0.138. The van der Waals surface area contributed by atoms with Crippen LogP contribution >= 0.6 is 11.6 Å². The first kappa shape index (κ1) is 15.8. The van der Waals surface area contributed by atoms with E-state index in [1.54, 1.807) is 24.4 Å². The van der Waals surface area contributed by atoms with Crippen molar-refractivity contribution in [3.63, 3.8) is 0 Å². The minimum atomic E-state index is -3.61. The highest BCUT2D eigenvalue weighted by Gasteiger charge is 2.14. The van der Waals surface area contributed by atoms with Gasteiger partial charge in [0.15, 0.2) is 0 Å². The summed E-state index contributed by atoms with van der Waals surface area (Å²) in [6.45, 7) is 1.96. The standard InChI is InChI=1S/C14H15ClN2O3S/c1-10-3-5-12(7-13(10)15)21(18,19)17-9-11-4-6-14(20-2)16-8-11/h3-8,17H,9H2,1-2H3. The third-order valence-electron chi connectivity index (χ3n) is 2.93. The molecule has 112 valence electrons. The highest BCUT2D eigenvalue weighted by atomic mass is 35.5. The quantitative estimate of drug-likeness (QED) is 0.916. The lowest BCUT2D eigenvalue weighted by atomic mass is 10.2. The van der Waals surface area contributed by atoms with Crippen molar-refractivity contribution >= 4 is 21.6 Å². The topological polar surface area (TPSA) is 68.3 Å². The van der Waals surface area contributed by atoms with Crippen LogP contribution in [-0.2, 0) is 16.6 Å². The highest BCUT2D eigenvalue weighted by molar-refractivity contribution is 7.89. The Labute approximate surface area is 129 Å². The van der Waals surface area contributed by atoms with Crippen LogP contribution in [0.15, 0.2) is 41.4 Å². The number of aryl methyl sites for hydroxylation is 1. The van der Waals surface area contributed by atoms with E-state index in [9.17, 15) is 8.42 Å². The molecule has 1 aromatic carbocycles. The van der Waals surface area contributed by atoms with E-state index >= 15 is 0 Å². The lowest BCUT2D eigenvalue weighted by Gasteiger charge is -2.08. The van der Waals surface area contributed by atoms with Crippen LogP contribution in [0.1, 0.15) is 11.1 Å². The van der Waals surface area contributed by atoms with Crippen molar-refractivity contribution in [3.05, 3.63) is 52.7 Å². The van der Waals surface area contributed by atoms with Crippen molar-refractivity contribution < 1.29 is 13.2 Å². The van der Waals surface area contributed by atoms with Gasteiger partial charge in [-0.05, 0) is 30.2 Å². The first-order chi connectivity index (χ1) is 9.92. The summed E-state index contributed by atoms with van der Waals surface area (Å²) in [5, 5.41) is 0.420. The highest BCUT2D eigenvalue weighted by Crippen LogP contribution is 2.20. The molecule has 0 saturated heterocycles. The van der Waals surface area contributed by atoms with Crippen LogP contribution < -0.4 is 9.46 Å². The number of nitrogens with zero attached hydrogens (tertiary/aromatic N) is 1. The number of rotatable bonds is 5. The molecule has 0 aliphatic carbocycles. The number of sulfonamides is 1. The van der Waals surface area contributed by atoms with E-state index in [2.05, 4.69) is 9.71 Å². The average Bonchev–Trinajstić information content (AvgIpc) is 2.48. The molecule has 2 aromatic rings. The number of nitrogens with one attached hydrogen (secondary N) is 1. The fourth-order valence-corrected chi connectivity index (χ4v) is 2.93. The Morgan fingerprint density at radius 2 is 2.05 bits per heavy atom. The zero-order valence-electron chi connectivity index (χ0n) is 11.6. The van der Waals surface area contributed by atoms with E-state index in [4.69, 9.17) is 16.3 Å². The van der Waals surface area contributed by atoms with Gasteiger partial charge in [-0.1, -0.05) is 23.7 Å². The second-order valence-electron chi connectivity index (χ2n) is 4.44. The molecule has 5 nitrogen and oxygen atoms in total. The van der Waals surface area contributed by atoms with Crippen molar-refractivity contribution in [2.75, 3.05) is 7.11 Å². The number of aromatic nitrogens is 1. The van der Waals surface area contributed by atoms with E-state index in [1.807, 2.05) is 6.92 Å². The Hall–Kier alpha value is -1.63. The SMILES string of the molecule is COc1ccc(CNS(=O)(=O)c2ccc(C)c(Cl)c2)cn1. The molecular formula is C14H15ClN2O3S. The predicted molar refractivity (Wildman–Crippen MR) is 81.0 cm³/mol. The average molecular weight is 327 g/mol. The fraction of sp³-hybridized carbons (Fsp3) is 0.214. The summed E-state index contributed by atoms with van der Waals surface area (Å²) < 4.78 is 31.8. The summed E-state index contributed by atoms with van der Waals surface area (Å²) in [5.74, 6) is 0.479. The van der Waals surface area contributed by atoms with Crippen molar-refractivity contribution in [1.29, 1.82) is 0 Å². The first-order valence-electron chi connectivity index (χ1n) is 6.17. The molecule has 2 rings (SSSR count). The van der Waals surface area contributed by atoms with E-state index < -0.39 is 10.0 Å². The molecule has 0 radical (unpaired) electrons. The lowest BCUT2D eigenvalue weighted by molar-refractivity contribution is 0.397. The van der Waals surface area contributed by atoms with Crippen LogP contribution in [0.2, 0.25) is 5.02 Å². The van der Waals surface area contributed by atoms with E-state index in [0.717, 1.165) is 11.1 Å². The second-order valence-corrected chi connectivity index (χ2v) is 6.62. The molecule has 0 unspecified atom stereocenters. The molecule has 0 aliphatic heterocycles. The van der Waals surface area contributed by atoms with Gasteiger partial charge in [0.1, 0.15) is 0 Å². The van der Waals surface area contributed by atoms with Gasteiger partial charge in [0, 0.05) is 23.8 Å². The van der Waals surface area contributed by atoms with Gasteiger partial charge in [-0.3, -0.25) is 0 Å². The Morgan fingerprint density at radius 1 is 1.29 bits per heavy atom. The number of hydrogen-bond acceptors (Lipinski definition) is 4. The lowest BCUT2D eigenvalue weighted by Crippen LogP contribution is -2.23. The number of methoxy groups -OCH3 is 1. The molecular weight excluding hydrogens is 312 g/mol. The summed E-state index contributed by atoms with van der Waals surface area (Å²) in [7, 11) is -2.09. The van der Waals surface area contributed by atoms with Gasteiger partial charge in [-0.2, -0.15) is 0 Å². The van der Waals surface area contributed by atoms with E-state index in [-0.39, 0.29) is 11.4 Å². The van der Waals surface area contributed by atoms with Crippen molar-refractivity contribution in [3.8, 4) is 5.88 Å². The third kappa shape index (κ3) is 3.93. The number of hydrogen-bond donors (Lipinski definition) is 1. The Kier molecular flexibility index (Phi) is 4.82. The first-order valence-corrected chi connectivity index (χ1v) is 8.03. The van der Waals surface area contributed by atoms with Crippen molar-refractivity contribution in [2.45, 2.75) is 18.4 Å². The number of halogens is 1. The van der Waals surface area contributed by atoms with E-state index in [0.29, 0.717) is 10.9 Å². The normalized spacial score (nSPS) is 11.4. The Balaban J connectivity index is 2.11. The fourth-order valence-electron chi connectivity index (χ4n) is 1.64. The maximum atomic E-state index is 12.2. The number of benzene rings is 1. The van der Waals surface area contributed by atoms with Crippen molar-refractivity contribution in [2.24, 2.45) is 0 Å². The van der Waals surface area contributed by atoms with Crippen LogP contribution in [0.5, 0.6) is 5.88 Å². The molecule has 0 aliphatic rings. The molecule has 0 atom stereocenters. The summed E-state index contributed by atoms with van der Waals surface area (Å²) in [4.78, 5) is 4.16. The van der Waals surface area contributed by atoms with Crippen LogP contribution in [0.25, 0.3) is 0 Å². The van der Waals surface area contributed by atoms with Gasteiger partial charge in [0.05, 0.1) is 12.0 Å². The molecule has 0 spiro atoms. The van der Waals surface area contributed by atoms with Gasteiger partial charge in [0.2, 0.25) is 15.9 Å². The van der Waals surface area contributed by atoms with Gasteiger partial charge in [-0.15, -0.1) is 0 Å². The Bertz CT molecular complexity index is 730. The zero-order valence-corrected chi connectivity index (χ0v) is 13.2. The molecule has 0 saturated carbocycles. The zero-order chi connectivity index (χ0) is 15.5. The molecule has 1 N–H and O–H groups in total. The minimum Gasteiger partial charge on any atom is -0.481 e. The number of ether oxygens (including phenoxy) is 1. The van der Waals surface area contributed by atoms with Crippen LogP contribution in [0, 0.1) is 6.92 Å². The van der Waals surface area contributed by atoms with Gasteiger partial charge in [0.25, 0.3) is 0 Å². The van der Waals surface area contributed by atoms with Crippen molar-refractivity contribution in [1.82, 2.24) is 9.71 Å². The molecule has 21 heavy (non-hydrogen) atoms. The van der Waals surface area contributed by atoms with Gasteiger partial charge in [-0.25, -0.2) is 18.1 Å². The number of pyridine rings is 1. The molecule has 1 heterocycles. The molecule has 1 aromatic heterocycles. The maximum absolute atomic E-state index is 12.2. The van der Waals surface area contributed by atoms with Crippen LogP contribution in [0.4, 0.5) is 0 Å².